The maximum atomic E-state index is 13.5. The van der Waals surface area contributed by atoms with Crippen molar-refractivity contribution in [3.63, 3.8) is 0 Å². The summed E-state index contributed by atoms with van der Waals surface area (Å²) in [6.45, 7) is 0.535. The van der Waals surface area contributed by atoms with Gasteiger partial charge in [-0.1, -0.05) is 42.5 Å². The third kappa shape index (κ3) is 2.92. The number of nitrogens with two attached hydrogens (primary N) is 1. The van der Waals surface area contributed by atoms with Crippen molar-refractivity contribution >= 4 is 0 Å². The van der Waals surface area contributed by atoms with Crippen molar-refractivity contribution in [3.8, 4) is 0 Å². The molecule has 0 aliphatic carbocycles. The second-order valence-corrected chi connectivity index (χ2v) is 4.06. The Bertz CT molecular complexity index is 494. The predicted molar refractivity (Wildman–Crippen MR) is 68.1 cm³/mol. The van der Waals surface area contributed by atoms with Crippen molar-refractivity contribution < 1.29 is 4.39 Å². The van der Waals surface area contributed by atoms with Crippen LogP contribution in [0.5, 0.6) is 0 Å². The molecule has 2 aromatic rings. The topological polar surface area (TPSA) is 26.0 Å². The van der Waals surface area contributed by atoms with Crippen LogP contribution in [0, 0.1) is 5.82 Å². The normalized spacial score (nSPS) is 10.5. The predicted octanol–water partition coefficient (Wildman–Crippen LogP) is 3.07. The highest BCUT2D eigenvalue weighted by Crippen LogP contribution is 2.14. The molecule has 2 heteroatoms. The summed E-state index contributed by atoms with van der Waals surface area (Å²) in [5.41, 5.74) is 8.79. The van der Waals surface area contributed by atoms with E-state index in [9.17, 15) is 4.39 Å². The maximum absolute atomic E-state index is 13.5. The zero-order valence-electron chi connectivity index (χ0n) is 9.70. The van der Waals surface area contributed by atoms with Crippen molar-refractivity contribution in [1.82, 2.24) is 0 Å². The van der Waals surface area contributed by atoms with Gasteiger partial charge >= 0.3 is 0 Å². The zero-order valence-corrected chi connectivity index (χ0v) is 9.70. The summed E-state index contributed by atoms with van der Waals surface area (Å²) in [5, 5.41) is 0. The molecule has 0 radical (unpaired) electrons. The van der Waals surface area contributed by atoms with Crippen LogP contribution in [-0.2, 0) is 19.4 Å². The largest absolute Gasteiger partial charge is 0.326 e. The van der Waals surface area contributed by atoms with Gasteiger partial charge in [-0.2, -0.15) is 0 Å². The van der Waals surface area contributed by atoms with Gasteiger partial charge in [0.05, 0.1) is 0 Å². The molecule has 2 N–H and O–H groups in total. The van der Waals surface area contributed by atoms with Gasteiger partial charge in [-0.25, -0.2) is 4.39 Å². The third-order valence-corrected chi connectivity index (χ3v) is 2.96. The Balaban J connectivity index is 2.10. The lowest BCUT2D eigenvalue weighted by Crippen LogP contribution is -2.03. The zero-order chi connectivity index (χ0) is 12.1. The Labute approximate surface area is 101 Å². The molecule has 0 bridgehead atoms. The van der Waals surface area contributed by atoms with E-state index in [2.05, 4.69) is 6.07 Å². The molecule has 0 heterocycles. The Morgan fingerprint density at radius 1 is 0.765 bits per heavy atom. The second-order valence-electron chi connectivity index (χ2n) is 4.06. The van der Waals surface area contributed by atoms with Crippen LogP contribution < -0.4 is 5.73 Å². The van der Waals surface area contributed by atoms with E-state index < -0.39 is 0 Å². The molecule has 0 saturated carbocycles. The summed E-state index contributed by atoms with van der Waals surface area (Å²) in [6, 6.07) is 15.0. The van der Waals surface area contributed by atoms with Gasteiger partial charge in [-0.3, -0.25) is 0 Å². The molecule has 0 spiro atoms. The first-order chi connectivity index (χ1) is 8.31. The van der Waals surface area contributed by atoms with Crippen LogP contribution in [0.25, 0.3) is 0 Å². The van der Waals surface area contributed by atoms with Crippen LogP contribution in [0.2, 0.25) is 0 Å². The van der Waals surface area contributed by atoms with Gasteiger partial charge in [-0.15, -0.1) is 0 Å². The van der Waals surface area contributed by atoms with E-state index >= 15 is 0 Å². The lowest BCUT2D eigenvalue weighted by molar-refractivity contribution is 0.608. The standard InChI is InChI=1S/C15H16FN/c16-15-8-4-3-6-13(15)10-9-12-5-1-2-7-14(12)11-17/h1-8H,9-11,17H2. The van der Waals surface area contributed by atoms with Gasteiger partial charge in [0.15, 0.2) is 0 Å². The first-order valence-corrected chi connectivity index (χ1v) is 5.81. The monoisotopic (exact) mass is 229 g/mol. The van der Waals surface area contributed by atoms with E-state index in [-0.39, 0.29) is 5.82 Å². The average Bonchev–Trinajstić information content (AvgIpc) is 2.38. The molecular formula is C15H16FN. The first-order valence-electron chi connectivity index (χ1n) is 5.81. The Kier molecular flexibility index (Phi) is 3.89. The molecule has 2 aromatic carbocycles. The summed E-state index contributed by atoms with van der Waals surface area (Å²) < 4.78 is 13.5. The quantitative estimate of drug-likeness (QED) is 0.856. The number of aryl methyl sites for hydroxylation is 2. The lowest BCUT2D eigenvalue weighted by Gasteiger charge is -2.08. The van der Waals surface area contributed by atoms with E-state index in [4.69, 9.17) is 5.73 Å². The molecule has 0 saturated heterocycles. The minimum Gasteiger partial charge on any atom is -0.326 e. The van der Waals surface area contributed by atoms with E-state index in [1.807, 2.05) is 30.3 Å². The van der Waals surface area contributed by atoms with Crippen molar-refractivity contribution in [2.24, 2.45) is 5.73 Å². The lowest BCUT2D eigenvalue weighted by atomic mass is 10.00. The van der Waals surface area contributed by atoms with Crippen LogP contribution in [-0.4, -0.2) is 0 Å². The summed E-state index contributed by atoms with van der Waals surface area (Å²) in [4.78, 5) is 0. The van der Waals surface area contributed by atoms with Crippen LogP contribution in [0.3, 0.4) is 0 Å². The van der Waals surface area contributed by atoms with Gasteiger partial charge in [-0.05, 0) is 35.6 Å². The van der Waals surface area contributed by atoms with Crippen molar-refractivity contribution in [1.29, 1.82) is 0 Å². The Morgan fingerprint density at radius 3 is 1.94 bits per heavy atom. The second kappa shape index (κ2) is 5.60. The number of hydrogen-bond donors (Lipinski definition) is 1. The number of benzene rings is 2. The number of halogens is 1. The van der Waals surface area contributed by atoms with E-state index in [0.717, 1.165) is 17.5 Å². The van der Waals surface area contributed by atoms with Gasteiger partial charge in [0.2, 0.25) is 0 Å². The van der Waals surface area contributed by atoms with E-state index in [1.54, 1.807) is 6.07 Å². The molecular weight excluding hydrogens is 213 g/mol. The third-order valence-electron chi connectivity index (χ3n) is 2.96. The highest BCUT2D eigenvalue weighted by Gasteiger charge is 2.03. The molecule has 88 valence electrons. The van der Waals surface area contributed by atoms with Crippen molar-refractivity contribution in [2.45, 2.75) is 19.4 Å². The molecule has 0 fully saturated rings. The van der Waals surface area contributed by atoms with E-state index in [1.165, 1.54) is 11.6 Å². The Hall–Kier alpha value is -1.67. The summed E-state index contributed by atoms with van der Waals surface area (Å²) >= 11 is 0. The molecule has 2 rings (SSSR count). The fourth-order valence-electron chi connectivity index (χ4n) is 1.97. The molecule has 0 aliphatic rings. The smallest absolute Gasteiger partial charge is 0.126 e. The number of hydrogen-bond acceptors (Lipinski definition) is 1. The molecule has 0 atom stereocenters. The minimum absolute atomic E-state index is 0.127. The van der Waals surface area contributed by atoms with Gasteiger partial charge < -0.3 is 5.73 Å². The molecule has 17 heavy (non-hydrogen) atoms. The van der Waals surface area contributed by atoms with Crippen LogP contribution in [0.4, 0.5) is 4.39 Å². The maximum Gasteiger partial charge on any atom is 0.126 e. The molecule has 0 aliphatic heterocycles. The average molecular weight is 229 g/mol. The first kappa shape index (κ1) is 11.8. The Morgan fingerprint density at radius 2 is 1.29 bits per heavy atom. The number of rotatable bonds is 4. The van der Waals surface area contributed by atoms with Gasteiger partial charge in [0.1, 0.15) is 5.82 Å². The summed E-state index contributed by atoms with van der Waals surface area (Å²) in [7, 11) is 0. The van der Waals surface area contributed by atoms with Crippen LogP contribution >= 0.6 is 0 Å². The van der Waals surface area contributed by atoms with Crippen LogP contribution in [0.15, 0.2) is 48.5 Å². The molecule has 0 amide bonds. The molecule has 0 aromatic heterocycles. The highest BCUT2D eigenvalue weighted by atomic mass is 19.1. The minimum atomic E-state index is -0.127. The van der Waals surface area contributed by atoms with Crippen LogP contribution in [0.1, 0.15) is 16.7 Å². The summed E-state index contributed by atoms with van der Waals surface area (Å²) in [5.74, 6) is -0.127. The fraction of sp³-hybridized carbons (Fsp3) is 0.200. The van der Waals surface area contributed by atoms with Crippen molar-refractivity contribution in [2.75, 3.05) is 0 Å². The SMILES string of the molecule is NCc1ccccc1CCc1ccccc1F. The van der Waals surface area contributed by atoms with Gasteiger partial charge in [0, 0.05) is 6.54 Å². The molecule has 1 nitrogen and oxygen atoms in total. The van der Waals surface area contributed by atoms with Gasteiger partial charge in [0.25, 0.3) is 0 Å². The molecule has 0 unspecified atom stereocenters. The summed E-state index contributed by atoms with van der Waals surface area (Å²) in [6.07, 6.45) is 1.54. The highest BCUT2D eigenvalue weighted by molar-refractivity contribution is 5.28. The van der Waals surface area contributed by atoms with Crippen molar-refractivity contribution in [3.05, 3.63) is 71.0 Å². The van der Waals surface area contributed by atoms with E-state index in [0.29, 0.717) is 13.0 Å². The fourth-order valence-corrected chi connectivity index (χ4v) is 1.97.